The molecule has 1 amide bonds. The Hall–Kier alpha value is -2.92. The summed E-state index contributed by atoms with van der Waals surface area (Å²) < 4.78 is 6.96. The Morgan fingerprint density at radius 2 is 1.87 bits per heavy atom. The van der Waals surface area contributed by atoms with E-state index in [1.165, 1.54) is 0 Å². The van der Waals surface area contributed by atoms with Crippen LogP contribution in [0.5, 0.6) is 0 Å². The number of carbonyl (C=O) groups excluding carboxylic acids is 1. The maximum atomic E-state index is 12.2. The number of nitrogens with one attached hydrogen (secondary N) is 1. The SMILES string of the molecule is COCc1ccc(C(=O)Nc2ccc(-n3ccnc3)cc2)cc1. The van der Waals surface area contributed by atoms with Crippen LogP contribution in [0, 0.1) is 0 Å². The Bertz CT molecular complexity index is 763. The average molecular weight is 307 g/mol. The predicted octanol–water partition coefficient (Wildman–Crippen LogP) is 3.27. The summed E-state index contributed by atoms with van der Waals surface area (Å²) in [5.74, 6) is -0.135. The fourth-order valence-corrected chi connectivity index (χ4v) is 2.25. The van der Waals surface area contributed by atoms with Gasteiger partial charge in [-0.2, -0.15) is 0 Å². The minimum atomic E-state index is -0.135. The third-order valence-corrected chi connectivity index (χ3v) is 3.45. The van der Waals surface area contributed by atoms with Gasteiger partial charge in [-0.05, 0) is 42.0 Å². The van der Waals surface area contributed by atoms with E-state index in [1.807, 2.05) is 47.2 Å². The molecule has 0 aliphatic carbocycles. The molecule has 0 spiro atoms. The molecule has 0 saturated carbocycles. The van der Waals surface area contributed by atoms with Crippen molar-refractivity contribution in [2.75, 3.05) is 12.4 Å². The summed E-state index contributed by atoms with van der Waals surface area (Å²) in [6, 6.07) is 15.0. The van der Waals surface area contributed by atoms with Crippen molar-refractivity contribution in [1.29, 1.82) is 0 Å². The summed E-state index contributed by atoms with van der Waals surface area (Å²) in [4.78, 5) is 16.3. The maximum Gasteiger partial charge on any atom is 0.255 e. The second-order valence-electron chi connectivity index (χ2n) is 5.10. The summed E-state index contributed by atoms with van der Waals surface area (Å²) in [5, 5.41) is 2.89. The average Bonchev–Trinajstić information content (AvgIpc) is 3.11. The molecule has 1 heterocycles. The molecular weight excluding hydrogens is 290 g/mol. The Morgan fingerprint density at radius 3 is 2.48 bits per heavy atom. The van der Waals surface area contributed by atoms with Gasteiger partial charge in [0.05, 0.1) is 12.9 Å². The van der Waals surface area contributed by atoms with Crippen LogP contribution in [-0.4, -0.2) is 22.6 Å². The third-order valence-electron chi connectivity index (χ3n) is 3.45. The molecule has 0 saturated heterocycles. The van der Waals surface area contributed by atoms with Crippen molar-refractivity contribution in [3.05, 3.63) is 78.4 Å². The zero-order valence-electron chi connectivity index (χ0n) is 12.8. The van der Waals surface area contributed by atoms with Crippen molar-refractivity contribution in [2.24, 2.45) is 0 Å². The highest BCUT2D eigenvalue weighted by molar-refractivity contribution is 6.04. The number of benzene rings is 2. The van der Waals surface area contributed by atoms with Crippen molar-refractivity contribution in [1.82, 2.24) is 9.55 Å². The number of ether oxygens (including phenoxy) is 1. The van der Waals surface area contributed by atoms with Crippen LogP contribution in [0.25, 0.3) is 5.69 Å². The number of methoxy groups -OCH3 is 1. The highest BCUT2D eigenvalue weighted by Gasteiger charge is 2.06. The van der Waals surface area contributed by atoms with Crippen LogP contribution < -0.4 is 5.32 Å². The van der Waals surface area contributed by atoms with Crippen molar-refractivity contribution < 1.29 is 9.53 Å². The first-order chi connectivity index (χ1) is 11.3. The lowest BCUT2D eigenvalue weighted by molar-refractivity contribution is 0.102. The minimum absolute atomic E-state index is 0.135. The fourth-order valence-electron chi connectivity index (χ4n) is 2.25. The Kier molecular flexibility index (Phi) is 4.49. The number of imidazole rings is 1. The van der Waals surface area contributed by atoms with Gasteiger partial charge in [0.15, 0.2) is 0 Å². The van der Waals surface area contributed by atoms with Crippen LogP contribution in [0.2, 0.25) is 0 Å². The molecule has 0 fully saturated rings. The number of aromatic nitrogens is 2. The molecule has 1 aromatic heterocycles. The molecule has 3 aromatic rings. The number of hydrogen-bond donors (Lipinski definition) is 1. The topological polar surface area (TPSA) is 56.1 Å². The lowest BCUT2D eigenvalue weighted by Gasteiger charge is -2.08. The Morgan fingerprint density at radius 1 is 1.13 bits per heavy atom. The van der Waals surface area contributed by atoms with Crippen LogP contribution in [-0.2, 0) is 11.3 Å². The summed E-state index contributed by atoms with van der Waals surface area (Å²) in [7, 11) is 1.65. The van der Waals surface area contributed by atoms with E-state index in [-0.39, 0.29) is 5.91 Å². The molecule has 0 aliphatic rings. The van der Waals surface area contributed by atoms with E-state index in [0.29, 0.717) is 12.2 Å². The lowest BCUT2D eigenvalue weighted by Crippen LogP contribution is -2.11. The van der Waals surface area contributed by atoms with Crippen molar-refractivity contribution >= 4 is 11.6 Å². The molecule has 0 aliphatic heterocycles. The highest BCUT2D eigenvalue weighted by atomic mass is 16.5. The largest absolute Gasteiger partial charge is 0.380 e. The maximum absolute atomic E-state index is 12.2. The molecule has 1 N–H and O–H groups in total. The first-order valence-corrected chi connectivity index (χ1v) is 7.24. The van der Waals surface area contributed by atoms with Crippen LogP contribution in [0.15, 0.2) is 67.3 Å². The van der Waals surface area contributed by atoms with E-state index < -0.39 is 0 Å². The second kappa shape index (κ2) is 6.89. The smallest absolute Gasteiger partial charge is 0.255 e. The van der Waals surface area contributed by atoms with Gasteiger partial charge >= 0.3 is 0 Å². The zero-order valence-corrected chi connectivity index (χ0v) is 12.8. The Balaban J connectivity index is 1.67. The first-order valence-electron chi connectivity index (χ1n) is 7.24. The van der Waals surface area contributed by atoms with Crippen LogP contribution in [0.1, 0.15) is 15.9 Å². The van der Waals surface area contributed by atoms with Gasteiger partial charge in [0.2, 0.25) is 0 Å². The van der Waals surface area contributed by atoms with Gasteiger partial charge in [-0.25, -0.2) is 4.98 Å². The number of rotatable bonds is 5. The predicted molar refractivity (Wildman–Crippen MR) is 88.7 cm³/mol. The fraction of sp³-hybridized carbons (Fsp3) is 0.111. The number of carbonyl (C=O) groups is 1. The molecule has 5 nitrogen and oxygen atoms in total. The van der Waals surface area contributed by atoms with E-state index in [1.54, 1.807) is 31.8 Å². The quantitative estimate of drug-likeness (QED) is 0.787. The number of anilines is 1. The monoisotopic (exact) mass is 307 g/mol. The van der Waals surface area contributed by atoms with Crippen LogP contribution in [0.4, 0.5) is 5.69 Å². The molecule has 23 heavy (non-hydrogen) atoms. The molecule has 2 aromatic carbocycles. The van der Waals surface area contributed by atoms with E-state index in [4.69, 9.17) is 4.74 Å². The van der Waals surface area contributed by atoms with E-state index in [0.717, 1.165) is 16.9 Å². The van der Waals surface area contributed by atoms with Crippen molar-refractivity contribution in [3.8, 4) is 5.69 Å². The van der Waals surface area contributed by atoms with Gasteiger partial charge in [0, 0.05) is 36.4 Å². The van der Waals surface area contributed by atoms with Gasteiger partial charge in [-0.15, -0.1) is 0 Å². The van der Waals surface area contributed by atoms with E-state index in [2.05, 4.69) is 10.3 Å². The standard InChI is InChI=1S/C18H17N3O2/c1-23-12-14-2-4-15(5-3-14)18(22)20-16-6-8-17(9-7-16)21-11-10-19-13-21/h2-11,13H,12H2,1H3,(H,20,22). The Labute approximate surface area is 134 Å². The lowest BCUT2D eigenvalue weighted by atomic mass is 10.1. The molecule has 5 heteroatoms. The molecule has 0 atom stereocenters. The number of nitrogens with zero attached hydrogens (tertiary/aromatic N) is 2. The van der Waals surface area contributed by atoms with E-state index in [9.17, 15) is 4.79 Å². The van der Waals surface area contributed by atoms with Crippen molar-refractivity contribution in [2.45, 2.75) is 6.61 Å². The normalized spacial score (nSPS) is 10.5. The van der Waals surface area contributed by atoms with Gasteiger partial charge in [0.25, 0.3) is 5.91 Å². The summed E-state index contributed by atoms with van der Waals surface area (Å²) in [6.07, 6.45) is 5.33. The third kappa shape index (κ3) is 3.64. The van der Waals surface area contributed by atoms with Gasteiger partial charge < -0.3 is 14.6 Å². The number of hydrogen-bond acceptors (Lipinski definition) is 3. The van der Waals surface area contributed by atoms with Crippen LogP contribution >= 0.6 is 0 Å². The molecule has 116 valence electrons. The summed E-state index contributed by atoms with van der Waals surface area (Å²) in [5.41, 5.74) is 3.39. The molecule has 0 unspecified atom stereocenters. The van der Waals surface area contributed by atoms with Gasteiger partial charge in [-0.3, -0.25) is 4.79 Å². The van der Waals surface area contributed by atoms with Gasteiger partial charge in [-0.1, -0.05) is 12.1 Å². The number of amides is 1. The summed E-state index contributed by atoms with van der Waals surface area (Å²) in [6.45, 7) is 0.539. The highest BCUT2D eigenvalue weighted by Crippen LogP contribution is 2.14. The van der Waals surface area contributed by atoms with Gasteiger partial charge in [0.1, 0.15) is 0 Å². The van der Waals surface area contributed by atoms with Crippen LogP contribution in [0.3, 0.4) is 0 Å². The molecule has 0 radical (unpaired) electrons. The summed E-state index contributed by atoms with van der Waals surface area (Å²) >= 11 is 0. The van der Waals surface area contributed by atoms with E-state index >= 15 is 0 Å². The molecule has 0 bridgehead atoms. The van der Waals surface area contributed by atoms with Crippen molar-refractivity contribution in [3.63, 3.8) is 0 Å². The minimum Gasteiger partial charge on any atom is -0.380 e. The first kappa shape index (κ1) is 15.0. The molecule has 3 rings (SSSR count). The zero-order chi connectivity index (χ0) is 16.1. The second-order valence-corrected chi connectivity index (χ2v) is 5.10. The molecular formula is C18H17N3O2.